The number of amides is 2. The van der Waals surface area contributed by atoms with Crippen LogP contribution in [0.25, 0.3) is 11.0 Å². The second-order valence-electron chi connectivity index (χ2n) is 8.05. The number of halogens is 1. The topological polar surface area (TPSA) is 69.3 Å². The van der Waals surface area contributed by atoms with Gasteiger partial charge < -0.3 is 9.47 Å². The number of nitrogens with zero attached hydrogens (tertiary/aromatic N) is 4. The molecule has 0 atom stereocenters. The minimum absolute atomic E-state index is 0.00773. The van der Waals surface area contributed by atoms with Crippen LogP contribution in [0.5, 0.6) is 0 Å². The van der Waals surface area contributed by atoms with Crippen LogP contribution < -0.4 is 5.32 Å². The fourth-order valence-electron chi connectivity index (χ4n) is 3.97. The zero-order chi connectivity index (χ0) is 23.8. The Morgan fingerprint density at radius 1 is 1.09 bits per heavy atom. The third-order valence-electron chi connectivity index (χ3n) is 5.71. The molecule has 3 rings (SSSR count). The lowest BCUT2D eigenvalue weighted by Crippen LogP contribution is -2.30. The van der Waals surface area contributed by atoms with E-state index in [0.29, 0.717) is 37.9 Å². The number of hydrogen-bond donors (Lipinski definition) is 0. The minimum Gasteiger partial charge on any atom is -0.339 e. The van der Waals surface area contributed by atoms with E-state index in [1.165, 1.54) is 12.1 Å². The maximum Gasteiger partial charge on any atom is 0.253 e. The molecule has 0 spiro atoms. The second-order valence-corrected chi connectivity index (χ2v) is 8.05. The Labute approximate surface area is 194 Å². The second kappa shape index (κ2) is 11.6. The molecule has 0 unspecified atom stereocenters. The van der Waals surface area contributed by atoms with Crippen LogP contribution in [0.15, 0.2) is 42.5 Å². The Hall–Kier alpha value is -3.22. The van der Waals surface area contributed by atoms with E-state index in [9.17, 15) is 14.0 Å². The van der Waals surface area contributed by atoms with Gasteiger partial charge in [-0.05, 0) is 69.0 Å². The van der Waals surface area contributed by atoms with Gasteiger partial charge in [0.25, 0.3) is 5.91 Å². The highest BCUT2D eigenvalue weighted by molar-refractivity contribution is 5.97. The monoisotopic (exact) mass is 451 g/mol. The molecule has 0 saturated carbocycles. The molecule has 1 aromatic heterocycles. The maximum atomic E-state index is 13.3. The van der Waals surface area contributed by atoms with Gasteiger partial charge in [-0.3, -0.25) is 9.59 Å². The van der Waals surface area contributed by atoms with Crippen LogP contribution in [0.4, 0.5) is 4.39 Å². The van der Waals surface area contributed by atoms with E-state index in [-0.39, 0.29) is 24.2 Å². The van der Waals surface area contributed by atoms with Crippen molar-refractivity contribution in [1.29, 1.82) is 0 Å². The fraction of sp³-hybridized carbons (Fsp3) is 0.423. The predicted octanol–water partition coefficient (Wildman–Crippen LogP) is 4.72. The molecule has 6 nitrogen and oxygen atoms in total. The van der Waals surface area contributed by atoms with Gasteiger partial charge in [0.2, 0.25) is 5.91 Å². The highest BCUT2D eigenvalue weighted by Gasteiger charge is 2.17. The van der Waals surface area contributed by atoms with Crippen molar-refractivity contribution in [2.75, 3.05) is 13.1 Å². The van der Waals surface area contributed by atoms with E-state index in [1.807, 2.05) is 38.1 Å². The summed E-state index contributed by atoms with van der Waals surface area (Å²) in [6, 6.07) is 12.0. The zero-order valence-electron chi connectivity index (χ0n) is 19.7. The number of hydrogen-bond acceptors (Lipinski definition) is 3. The van der Waals surface area contributed by atoms with Crippen molar-refractivity contribution >= 4 is 22.8 Å². The molecular weight excluding hydrogens is 419 g/mol. The summed E-state index contributed by atoms with van der Waals surface area (Å²) >= 11 is 0. The third-order valence-corrected chi connectivity index (χ3v) is 5.71. The van der Waals surface area contributed by atoms with Gasteiger partial charge in [-0.15, -0.1) is 0 Å². The quantitative estimate of drug-likeness (QED) is 0.424. The van der Waals surface area contributed by atoms with Gasteiger partial charge in [0.1, 0.15) is 18.2 Å². The van der Waals surface area contributed by atoms with Crippen molar-refractivity contribution in [2.24, 2.45) is 0 Å². The molecular formula is C26H32FN4O2. The normalized spacial score (nSPS) is 11.0. The van der Waals surface area contributed by atoms with Gasteiger partial charge in [-0.25, -0.2) is 14.7 Å². The lowest BCUT2D eigenvalue weighted by molar-refractivity contribution is -0.121. The van der Waals surface area contributed by atoms with Gasteiger partial charge in [0.05, 0.1) is 11.0 Å². The van der Waals surface area contributed by atoms with Crippen molar-refractivity contribution in [2.45, 2.75) is 59.5 Å². The van der Waals surface area contributed by atoms with Crippen LogP contribution in [-0.2, 0) is 24.3 Å². The van der Waals surface area contributed by atoms with Crippen LogP contribution in [0.2, 0.25) is 0 Å². The van der Waals surface area contributed by atoms with Gasteiger partial charge in [-0.1, -0.05) is 19.1 Å². The summed E-state index contributed by atoms with van der Waals surface area (Å²) in [5, 5.41) is 4.22. The Morgan fingerprint density at radius 2 is 1.88 bits per heavy atom. The molecule has 0 aliphatic heterocycles. The Kier molecular flexibility index (Phi) is 8.58. The lowest BCUT2D eigenvalue weighted by Gasteiger charge is -2.18. The van der Waals surface area contributed by atoms with Crippen molar-refractivity contribution in [1.82, 2.24) is 19.8 Å². The number of carbonyl (C=O) groups excluding carboxylic acids is 2. The summed E-state index contributed by atoms with van der Waals surface area (Å²) in [5.41, 5.74) is 3.17. The molecule has 3 aromatic rings. The number of aromatic nitrogens is 2. The summed E-state index contributed by atoms with van der Waals surface area (Å²) < 4.78 is 15.4. The third kappa shape index (κ3) is 6.18. The fourth-order valence-corrected chi connectivity index (χ4v) is 3.97. The van der Waals surface area contributed by atoms with Crippen LogP contribution in [0.3, 0.4) is 0 Å². The lowest BCUT2D eigenvalue weighted by atomic mass is 10.1. The molecule has 175 valence electrons. The maximum absolute atomic E-state index is 13.3. The summed E-state index contributed by atoms with van der Waals surface area (Å²) in [7, 11) is 0. The van der Waals surface area contributed by atoms with Crippen molar-refractivity contribution in [3.8, 4) is 0 Å². The first-order valence-electron chi connectivity index (χ1n) is 11.7. The molecule has 0 bridgehead atoms. The van der Waals surface area contributed by atoms with Crippen molar-refractivity contribution in [3.63, 3.8) is 0 Å². The van der Waals surface area contributed by atoms with Gasteiger partial charge in [0.15, 0.2) is 0 Å². The smallest absolute Gasteiger partial charge is 0.253 e. The molecule has 1 radical (unpaired) electrons. The Bertz CT molecular complexity index is 1100. The zero-order valence-corrected chi connectivity index (χ0v) is 19.7. The number of carbonyl (C=O) groups is 2. The Balaban J connectivity index is 1.66. The van der Waals surface area contributed by atoms with E-state index >= 15 is 0 Å². The molecule has 2 amide bonds. The SMILES string of the molecule is CCCn1c(C[N]C(=O)CCCc2cccc(F)c2)nc2cc(C(=O)N(CC)CC)ccc21. The predicted molar refractivity (Wildman–Crippen MR) is 127 cm³/mol. The highest BCUT2D eigenvalue weighted by atomic mass is 19.1. The molecule has 0 aliphatic rings. The molecule has 2 aromatic carbocycles. The molecule has 0 saturated heterocycles. The molecule has 1 heterocycles. The molecule has 0 fully saturated rings. The first-order chi connectivity index (χ1) is 16.0. The standard InChI is InChI=1S/C26H32FN4O2/c1-4-15-31-23-14-13-20(26(33)30(5-2)6-3)17-22(23)29-24(31)18-28-25(32)12-8-10-19-9-7-11-21(27)16-19/h7,9,11,13-14,16-17H,4-6,8,10,12,15,18H2,1-3H3. The van der Waals surface area contributed by atoms with Crippen LogP contribution >= 0.6 is 0 Å². The highest BCUT2D eigenvalue weighted by Crippen LogP contribution is 2.20. The van der Waals surface area contributed by atoms with Crippen LogP contribution in [0, 0.1) is 5.82 Å². The molecule has 0 aliphatic carbocycles. The molecule has 0 N–H and O–H groups in total. The summed E-state index contributed by atoms with van der Waals surface area (Å²) in [6.45, 7) is 8.29. The van der Waals surface area contributed by atoms with E-state index in [1.54, 1.807) is 11.0 Å². The number of benzene rings is 2. The van der Waals surface area contributed by atoms with Gasteiger partial charge in [-0.2, -0.15) is 0 Å². The van der Waals surface area contributed by atoms with E-state index in [2.05, 4.69) is 16.8 Å². The van der Waals surface area contributed by atoms with Crippen molar-refractivity contribution < 1.29 is 14.0 Å². The number of imidazole rings is 1. The van der Waals surface area contributed by atoms with Crippen LogP contribution in [-0.4, -0.2) is 39.4 Å². The van der Waals surface area contributed by atoms with Gasteiger partial charge >= 0.3 is 0 Å². The first kappa shape index (κ1) is 24.4. The number of aryl methyl sites for hydroxylation is 2. The largest absolute Gasteiger partial charge is 0.339 e. The number of fused-ring (bicyclic) bond motifs is 1. The molecule has 7 heteroatoms. The summed E-state index contributed by atoms with van der Waals surface area (Å²) in [4.78, 5) is 31.5. The average molecular weight is 452 g/mol. The van der Waals surface area contributed by atoms with Crippen molar-refractivity contribution in [3.05, 3.63) is 65.2 Å². The first-order valence-corrected chi connectivity index (χ1v) is 11.7. The minimum atomic E-state index is -0.264. The number of rotatable bonds is 11. The van der Waals surface area contributed by atoms with E-state index in [4.69, 9.17) is 4.98 Å². The van der Waals surface area contributed by atoms with E-state index < -0.39 is 0 Å². The van der Waals surface area contributed by atoms with E-state index in [0.717, 1.165) is 35.4 Å². The average Bonchev–Trinajstić information content (AvgIpc) is 3.15. The molecule has 33 heavy (non-hydrogen) atoms. The van der Waals surface area contributed by atoms with Gasteiger partial charge in [0, 0.05) is 31.6 Å². The Morgan fingerprint density at radius 3 is 2.58 bits per heavy atom. The van der Waals surface area contributed by atoms with Crippen LogP contribution in [0.1, 0.15) is 61.8 Å². The summed E-state index contributed by atoms with van der Waals surface area (Å²) in [5.74, 6) is 0.267. The summed E-state index contributed by atoms with van der Waals surface area (Å²) in [6.07, 6.45) is 2.48.